The predicted octanol–water partition coefficient (Wildman–Crippen LogP) is 4.32. The summed E-state index contributed by atoms with van der Waals surface area (Å²) in [7, 11) is 1.70. The molecule has 0 unspecified atom stereocenters. The van der Waals surface area contributed by atoms with Crippen LogP contribution in [0.4, 0.5) is 0 Å². The van der Waals surface area contributed by atoms with Crippen molar-refractivity contribution in [2.75, 3.05) is 7.11 Å². The van der Waals surface area contributed by atoms with Crippen LogP contribution in [0.25, 0.3) is 0 Å². The van der Waals surface area contributed by atoms with E-state index in [4.69, 9.17) is 4.74 Å². The number of halogens is 1. The zero-order valence-corrected chi connectivity index (χ0v) is 11.0. The molecule has 0 aliphatic carbocycles. The summed E-state index contributed by atoms with van der Waals surface area (Å²) in [5.41, 5.74) is 2.47. The fourth-order valence-electron chi connectivity index (χ4n) is 0.970. The Morgan fingerprint density at radius 2 is 1.86 bits per heavy atom. The Morgan fingerprint density at radius 3 is 2.36 bits per heavy atom. The molecule has 0 bridgehead atoms. The fourth-order valence-corrected chi connectivity index (χ4v) is 1.33. The van der Waals surface area contributed by atoms with Crippen molar-refractivity contribution in [2.24, 2.45) is 0 Å². The molecule has 0 N–H and O–H groups in total. The number of ether oxygens (including phenoxy) is 1. The first kappa shape index (κ1) is 13.7. The highest BCUT2D eigenvalue weighted by Gasteiger charge is 1.97. The van der Waals surface area contributed by atoms with Crippen molar-refractivity contribution in [3.05, 3.63) is 33.8 Å². The van der Waals surface area contributed by atoms with Crippen molar-refractivity contribution in [3.8, 4) is 0 Å². The van der Waals surface area contributed by atoms with E-state index >= 15 is 0 Å². The highest BCUT2D eigenvalue weighted by Crippen LogP contribution is 2.18. The van der Waals surface area contributed by atoms with E-state index in [-0.39, 0.29) is 0 Å². The Morgan fingerprint density at radius 1 is 1.29 bits per heavy atom. The SMILES string of the molecule is CCC.COCc1cc(C)ccc1Br. The molecule has 0 amide bonds. The van der Waals surface area contributed by atoms with Crippen LogP contribution in [0.5, 0.6) is 0 Å². The molecule has 1 nitrogen and oxygen atoms in total. The van der Waals surface area contributed by atoms with Crippen LogP contribution < -0.4 is 0 Å². The third-order valence-corrected chi connectivity index (χ3v) is 2.27. The molecule has 0 aromatic heterocycles. The van der Waals surface area contributed by atoms with Crippen molar-refractivity contribution < 1.29 is 4.74 Å². The summed E-state index contributed by atoms with van der Waals surface area (Å²) >= 11 is 3.45. The molecule has 0 heterocycles. The van der Waals surface area contributed by atoms with E-state index in [0.717, 1.165) is 4.47 Å². The van der Waals surface area contributed by atoms with Gasteiger partial charge in [-0.05, 0) is 18.6 Å². The Balaban J connectivity index is 0.000000500. The predicted molar refractivity (Wildman–Crippen MR) is 65.6 cm³/mol. The van der Waals surface area contributed by atoms with E-state index in [1.165, 1.54) is 17.5 Å². The molecule has 0 atom stereocenters. The van der Waals surface area contributed by atoms with Crippen molar-refractivity contribution in [2.45, 2.75) is 33.8 Å². The molecule has 0 saturated heterocycles. The minimum Gasteiger partial charge on any atom is -0.380 e. The number of hydrogen-bond donors (Lipinski definition) is 0. The van der Waals surface area contributed by atoms with Gasteiger partial charge in [-0.25, -0.2) is 0 Å². The fraction of sp³-hybridized carbons (Fsp3) is 0.500. The summed E-state index contributed by atoms with van der Waals surface area (Å²) in [6, 6.07) is 6.24. The Hall–Kier alpha value is -0.340. The van der Waals surface area contributed by atoms with Crippen LogP contribution in [0.2, 0.25) is 0 Å². The van der Waals surface area contributed by atoms with Gasteiger partial charge >= 0.3 is 0 Å². The second kappa shape index (κ2) is 8.01. The normalized spacial score (nSPS) is 9.21. The molecule has 0 fully saturated rings. The van der Waals surface area contributed by atoms with Crippen molar-refractivity contribution in [1.29, 1.82) is 0 Å². The molecule has 1 rings (SSSR count). The number of hydrogen-bond acceptors (Lipinski definition) is 1. The zero-order chi connectivity index (χ0) is 11.0. The first-order valence-corrected chi connectivity index (χ1v) is 5.68. The van der Waals surface area contributed by atoms with Gasteiger partial charge in [-0.1, -0.05) is 53.9 Å². The molecule has 14 heavy (non-hydrogen) atoms. The third-order valence-electron chi connectivity index (χ3n) is 1.50. The second-order valence-electron chi connectivity index (χ2n) is 3.23. The molecule has 1 aromatic carbocycles. The Bertz CT molecular complexity index is 258. The molecular weight excluding hydrogens is 240 g/mol. The van der Waals surface area contributed by atoms with E-state index in [1.807, 2.05) is 6.07 Å². The first-order chi connectivity index (χ1) is 6.65. The monoisotopic (exact) mass is 258 g/mol. The van der Waals surface area contributed by atoms with Gasteiger partial charge in [-0.15, -0.1) is 0 Å². The third kappa shape index (κ3) is 5.40. The lowest BCUT2D eigenvalue weighted by atomic mass is 10.1. The van der Waals surface area contributed by atoms with E-state index < -0.39 is 0 Å². The van der Waals surface area contributed by atoms with Gasteiger partial charge in [-0.3, -0.25) is 0 Å². The van der Waals surface area contributed by atoms with Gasteiger partial charge in [0, 0.05) is 11.6 Å². The smallest absolute Gasteiger partial charge is 0.0724 e. The molecule has 0 radical (unpaired) electrons. The number of rotatable bonds is 2. The van der Waals surface area contributed by atoms with Gasteiger partial charge in [0.25, 0.3) is 0 Å². The van der Waals surface area contributed by atoms with E-state index in [9.17, 15) is 0 Å². The number of methoxy groups -OCH3 is 1. The van der Waals surface area contributed by atoms with Gasteiger partial charge in [-0.2, -0.15) is 0 Å². The van der Waals surface area contributed by atoms with Gasteiger partial charge in [0.15, 0.2) is 0 Å². The summed E-state index contributed by atoms with van der Waals surface area (Å²) in [6.45, 7) is 6.99. The standard InChI is InChI=1S/C9H11BrO.C3H8/c1-7-3-4-9(10)8(5-7)6-11-2;1-3-2/h3-5H,6H2,1-2H3;3H2,1-2H3. The van der Waals surface area contributed by atoms with Crippen LogP contribution >= 0.6 is 15.9 Å². The lowest BCUT2D eigenvalue weighted by Gasteiger charge is -2.03. The van der Waals surface area contributed by atoms with Crippen LogP contribution in [0.1, 0.15) is 31.4 Å². The second-order valence-corrected chi connectivity index (χ2v) is 4.09. The van der Waals surface area contributed by atoms with Crippen LogP contribution in [0.15, 0.2) is 22.7 Å². The first-order valence-electron chi connectivity index (χ1n) is 4.89. The summed E-state index contributed by atoms with van der Waals surface area (Å²) in [4.78, 5) is 0. The number of aryl methyl sites for hydroxylation is 1. The van der Waals surface area contributed by atoms with E-state index in [1.54, 1.807) is 7.11 Å². The lowest BCUT2D eigenvalue weighted by molar-refractivity contribution is 0.184. The Kier molecular flexibility index (Phi) is 7.81. The molecule has 1 aromatic rings. The molecule has 80 valence electrons. The highest BCUT2D eigenvalue weighted by molar-refractivity contribution is 9.10. The maximum Gasteiger partial charge on any atom is 0.0724 e. The van der Waals surface area contributed by atoms with Crippen LogP contribution in [-0.2, 0) is 11.3 Å². The summed E-state index contributed by atoms with van der Waals surface area (Å²) < 4.78 is 6.15. The Labute approximate surface area is 95.6 Å². The molecule has 0 aliphatic heterocycles. The maximum atomic E-state index is 5.03. The zero-order valence-electron chi connectivity index (χ0n) is 9.43. The van der Waals surface area contributed by atoms with Gasteiger partial charge in [0.05, 0.1) is 6.61 Å². The molecule has 2 heteroatoms. The summed E-state index contributed by atoms with van der Waals surface area (Å²) in [5.74, 6) is 0. The highest BCUT2D eigenvalue weighted by atomic mass is 79.9. The molecule has 0 spiro atoms. The van der Waals surface area contributed by atoms with Gasteiger partial charge in [0.1, 0.15) is 0 Å². The average Bonchev–Trinajstić information content (AvgIpc) is 2.13. The quantitative estimate of drug-likeness (QED) is 0.768. The molecule has 0 saturated carbocycles. The maximum absolute atomic E-state index is 5.03. The van der Waals surface area contributed by atoms with Crippen LogP contribution in [-0.4, -0.2) is 7.11 Å². The summed E-state index contributed by atoms with van der Waals surface area (Å²) in [5, 5.41) is 0. The van der Waals surface area contributed by atoms with Crippen molar-refractivity contribution >= 4 is 15.9 Å². The largest absolute Gasteiger partial charge is 0.380 e. The topological polar surface area (TPSA) is 9.23 Å². The molecule has 0 aliphatic rings. The molecular formula is C12H19BrO. The van der Waals surface area contributed by atoms with Crippen molar-refractivity contribution in [3.63, 3.8) is 0 Å². The minimum absolute atomic E-state index is 0.669. The van der Waals surface area contributed by atoms with Gasteiger partial charge < -0.3 is 4.74 Å². The van der Waals surface area contributed by atoms with Crippen LogP contribution in [0.3, 0.4) is 0 Å². The van der Waals surface area contributed by atoms with Crippen LogP contribution in [0, 0.1) is 6.92 Å². The summed E-state index contributed by atoms with van der Waals surface area (Å²) in [6.07, 6.45) is 1.25. The van der Waals surface area contributed by atoms with E-state index in [2.05, 4.69) is 48.8 Å². The van der Waals surface area contributed by atoms with Gasteiger partial charge in [0.2, 0.25) is 0 Å². The van der Waals surface area contributed by atoms with E-state index in [0.29, 0.717) is 6.61 Å². The number of benzene rings is 1. The lowest BCUT2D eigenvalue weighted by Crippen LogP contribution is -1.89. The minimum atomic E-state index is 0.669. The average molecular weight is 259 g/mol. The van der Waals surface area contributed by atoms with Crippen molar-refractivity contribution in [1.82, 2.24) is 0 Å².